The molecule has 0 bridgehead atoms. The van der Waals surface area contributed by atoms with Gasteiger partial charge in [0.2, 0.25) is 0 Å². The number of Topliss-reactive ketones (excluding diaryl/α,β-unsaturated/α-hetero) is 1. The molecule has 0 saturated heterocycles. The minimum absolute atomic E-state index is 0.0701. The molecule has 2 saturated carbocycles. The Labute approximate surface area is 130 Å². The molecule has 2 nitrogen and oxygen atoms in total. The Balaban J connectivity index is 1.75. The number of carbonyl (C=O) groups is 1. The summed E-state index contributed by atoms with van der Waals surface area (Å²) in [7, 11) is 0. The van der Waals surface area contributed by atoms with Gasteiger partial charge >= 0.3 is 0 Å². The van der Waals surface area contributed by atoms with Gasteiger partial charge in [-0.15, -0.1) is 0 Å². The lowest BCUT2D eigenvalue weighted by molar-refractivity contribution is -0.129. The van der Waals surface area contributed by atoms with E-state index in [1.54, 1.807) is 6.07 Å². The maximum absolute atomic E-state index is 12.3. The van der Waals surface area contributed by atoms with E-state index < -0.39 is 0 Å². The summed E-state index contributed by atoms with van der Waals surface area (Å²) in [6.07, 6.45) is 5.97. The molecule has 0 radical (unpaired) electrons. The Hall–Kier alpha value is -1.02. The van der Waals surface area contributed by atoms with Crippen molar-refractivity contribution < 1.29 is 9.90 Å². The topological polar surface area (TPSA) is 37.3 Å². The third-order valence-corrected chi connectivity index (χ3v) is 6.95. The predicted molar refractivity (Wildman–Crippen MR) is 82.7 cm³/mol. The zero-order chi connectivity index (χ0) is 14.8. The molecular formula is C18H21ClO2. The van der Waals surface area contributed by atoms with Crippen LogP contribution in [0.25, 0.3) is 0 Å². The second-order valence-corrected chi connectivity index (χ2v) is 7.68. The van der Waals surface area contributed by atoms with Gasteiger partial charge in [-0.25, -0.2) is 0 Å². The highest BCUT2D eigenvalue weighted by Crippen LogP contribution is 2.60. The van der Waals surface area contributed by atoms with Gasteiger partial charge in [-0.1, -0.05) is 24.6 Å². The Bertz CT molecular complexity index is 624. The average molecular weight is 305 g/mol. The normalized spacial score (nSPS) is 37.8. The van der Waals surface area contributed by atoms with E-state index in [1.165, 1.54) is 5.56 Å². The maximum atomic E-state index is 12.3. The van der Waals surface area contributed by atoms with E-state index >= 15 is 0 Å². The summed E-state index contributed by atoms with van der Waals surface area (Å²) in [6.45, 7) is 2.20. The van der Waals surface area contributed by atoms with Crippen LogP contribution in [0.4, 0.5) is 0 Å². The molecule has 4 rings (SSSR count). The van der Waals surface area contributed by atoms with Gasteiger partial charge < -0.3 is 5.11 Å². The third kappa shape index (κ3) is 1.75. The first-order valence-electron chi connectivity index (χ1n) is 8.06. The monoisotopic (exact) mass is 304 g/mol. The van der Waals surface area contributed by atoms with Crippen LogP contribution >= 0.6 is 11.6 Å². The second kappa shape index (κ2) is 4.49. The van der Waals surface area contributed by atoms with Crippen LogP contribution < -0.4 is 0 Å². The Morgan fingerprint density at radius 3 is 2.86 bits per heavy atom. The molecule has 0 unspecified atom stereocenters. The summed E-state index contributed by atoms with van der Waals surface area (Å²) in [4.78, 5) is 12.3. The maximum Gasteiger partial charge on any atom is 0.139 e. The van der Waals surface area contributed by atoms with Crippen LogP contribution in [0.2, 0.25) is 5.02 Å². The van der Waals surface area contributed by atoms with Crippen LogP contribution in [0.3, 0.4) is 0 Å². The van der Waals surface area contributed by atoms with Crippen molar-refractivity contribution in [3.63, 3.8) is 0 Å². The van der Waals surface area contributed by atoms with Crippen molar-refractivity contribution in [3.8, 4) is 5.75 Å². The van der Waals surface area contributed by atoms with Crippen molar-refractivity contribution in [2.75, 3.05) is 0 Å². The summed E-state index contributed by atoms with van der Waals surface area (Å²) < 4.78 is 0. The highest BCUT2D eigenvalue weighted by Gasteiger charge is 2.54. The molecule has 0 heterocycles. The number of ketones is 1. The smallest absolute Gasteiger partial charge is 0.139 e. The van der Waals surface area contributed by atoms with Gasteiger partial charge in [-0.2, -0.15) is 0 Å². The molecule has 1 aromatic carbocycles. The molecule has 0 amide bonds. The van der Waals surface area contributed by atoms with Gasteiger partial charge in [-0.05, 0) is 67.1 Å². The summed E-state index contributed by atoms with van der Waals surface area (Å²) in [5.74, 6) is 2.37. The number of benzene rings is 1. The lowest BCUT2D eigenvalue weighted by atomic mass is 9.55. The number of carbonyl (C=O) groups excluding carboxylic acids is 1. The van der Waals surface area contributed by atoms with Gasteiger partial charge in [0.1, 0.15) is 11.5 Å². The molecule has 1 N–H and O–H groups in total. The third-order valence-electron chi connectivity index (χ3n) is 6.53. The van der Waals surface area contributed by atoms with Crippen LogP contribution in [0.15, 0.2) is 12.1 Å². The van der Waals surface area contributed by atoms with E-state index in [0.717, 1.165) is 44.1 Å². The number of hydrogen-bond donors (Lipinski definition) is 1. The van der Waals surface area contributed by atoms with E-state index in [9.17, 15) is 9.90 Å². The van der Waals surface area contributed by atoms with Crippen molar-refractivity contribution in [3.05, 3.63) is 28.3 Å². The van der Waals surface area contributed by atoms with Crippen molar-refractivity contribution in [1.82, 2.24) is 0 Å². The van der Waals surface area contributed by atoms with Crippen molar-refractivity contribution in [1.29, 1.82) is 0 Å². The molecule has 1 aromatic rings. The molecular weight excluding hydrogens is 284 g/mol. The molecule has 0 aromatic heterocycles. The van der Waals surface area contributed by atoms with Crippen LogP contribution in [0.5, 0.6) is 5.75 Å². The zero-order valence-electron chi connectivity index (χ0n) is 12.4. The average Bonchev–Trinajstić information content (AvgIpc) is 2.78. The minimum Gasteiger partial charge on any atom is -0.506 e. The summed E-state index contributed by atoms with van der Waals surface area (Å²) in [5.41, 5.74) is 2.40. The van der Waals surface area contributed by atoms with Crippen LogP contribution in [-0.2, 0) is 11.2 Å². The Morgan fingerprint density at radius 2 is 2.05 bits per heavy atom. The lowest BCUT2D eigenvalue weighted by Crippen LogP contribution is -2.42. The van der Waals surface area contributed by atoms with E-state index in [2.05, 4.69) is 13.0 Å². The molecule has 0 aliphatic heterocycles. The molecule has 3 aliphatic carbocycles. The molecule has 112 valence electrons. The van der Waals surface area contributed by atoms with Crippen LogP contribution in [0.1, 0.15) is 56.1 Å². The highest BCUT2D eigenvalue weighted by atomic mass is 35.5. The lowest BCUT2D eigenvalue weighted by Gasteiger charge is -2.48. The predicted octanol–water partition coefficient (Wildman–Crippen LogP) is 4.47. The van der Waals surface area contributed by atoms with Crippen molar-refractivity contribution >= 4 is 17.4 Å². The minimum atomic E-state index is -0.0701. The van der Waals surface area contributed by atoms with Crippen LogP contribution in [-0.4, -0.2) is 10.9 Å². The van der Waals surface area contributed by atoms with Gasteiger partial charge in [0.15, 0.2) is 0 Å². The zero-order valence-corrected chi connectivity index (χ0v) is 13.1. The van der Waals surface area contributed by atoms with E-state index in [1.807, 2.05) is 0 Å². The summed E-state index contributed by atoms with van der Waals surface area (Å²) in [5, 5.41) is 10.4. The first kappa shape index (κ1) is 13.6. The number of phenolic OH excluding ortho intramolecular Hbond substituents is 1. The van der Waals surface area contributed by atoms with Crippen LogP contribution in [0, 0.1) is 17.3 Å². The van der Waals surface area contributed by atoms with Crippen molar-refractivity contribution in [2.24, 2.45) is 17.3 Å². The van der Waals surface area contributed by atoms with Gasteiger partial charge in [-0.3, -0.25) is 4.79 Å². The van der Waals surface area contributed by atoms with E-state index in [4.69, 9.17) is 11.6 Å². The Kier molecular flexibility index (Phi) is 2.91. The van der Waals surface area contributed by atoms with Crippen molar-refractivity contribution in [2.45, 2.75) is 51.4 Å². The van der Waals surface area contributed by atoms with Gasteiger partial charge in [0, 0.05) is 11.8 Å². The molecule has 2 fully saturated rings. The first-order chi connectivity index (χ1) is 10.0. The molecule has 0 spiro atoms. The SMILES string of the molecule is C[C@]12CC[C@@H]3c4ccc(O)c(Cl)c4CC[C@H]3[C@@H]1CCC2=O. The molecule has 3 aliphatic rings. The second-order valence-electron chi connectivity index (χ2n) is 7.30. The number of halogens is 1. The summed E-state index contributed by atoms with van der Waals surface area (Å²) in [6, 6.07) is 3.80. The van der Waals surface area contributed by atoms with Gasteiger partial charge in [0.05, 0.1) is 5.02 Å². The summed E-state index contributed by atoms with van der Waals surface area (Å²) >= 11 is 6.30. The largest absolute Gasteiger partial charge is 0.506 e. The fourth-order valence-corrected chi connectivity index (χ4v) is 5.65. The van der Waals surface area contributed by atoms with E-state index in [0.29, 0.717) is 28.6 Å². The quantitative estimate of drug-likeness (QED) is 0.768. The first-order valence-corrected chi connectivity index (χ1v) is 8.43. The van der Waals surface area contributed by atoms with Gasteiger partial charge in [0.25, 0.3) is 0 Å². The number of hydrogen-bond acceptors (Lipinski definition) is 2. The Morgan fingerprint density at radius 1 is 1.24 bits per heavy atom. The number of aromatic hydroxyl groups is 1. The fourth-order valence-electron chi connectivity index (χ4n) is 5.38. The molecule has 21 heavy (non-hydrogen) atoms. The number of rotatable bonds is 0. The fraction of sp³-hybridized carbons (Fsp3) is 0.611. The van der Waals surface area contributed by atoms with E-state index in [-0.39, 0.29) is 11.2 Å². The highest BCUT2D eigenvalue weighted by molar-refractivity contribution is 6.32. The molecule has 4 atom stereocenters. The number of phenols is 1. The molecule has 3 heteroatoms. The number of fused-ring (bicyclic) bond motifs is 5. The standard InChI is InChI=1S/C18H21ClO2/c1-18-9-8-11-10-4-6-15(20)17(19)13(10)3-2-12(11)14(18)5-7-16(18)21/h4,6,11-12,14,20H,2-3,5,7-9H2,1H3/t11-,12-,14+,18+/m1/s1.